The average Bonchev–Trinajstić information content (AvgIpc) is 2.96. The van der Waals surface area contributed by atoms with E-state index in [1.165, 1.54) is 5.56 Å². The molecule has 23 heavy (non-hydrogen) atoms. The van der Waals surface area contributed by atoms with Crippen molar-refractivity contribution in [3.63, 3.8) is 0 Å². The lowest BCUT2D eigenvalue weighted by molar-refractivity contribution is 0.0991. The number of anilines is 1. The molecule has 2 aromatic carbocycles. The maximum Gasteiger partial charge on any atom is 0.261 e. The molecule has 116 valence electrons. The number of carbonyl (C=O) groups is 1. The molecule has 0 aliphatic rings. The number of aryl methyl sites for hydroxylation is 2. The molecule has 0 N–H and O–H groups in total. The highest BCUT2D eigenvalue weighted by molar-refractivity contribution is 6.07. The summed E-state index contributed by atoms with van der Waals surface area (Å²) in [6, 6.07) is 19.5. The van der Waals surface area contributed by atoms with E-state index in [1.807, 2.05) is 74.5 Å². The molecule has 0 radical (unpaired) electrons. The molecule has 1 aromatic heterocycles. The topological polar surface area (TPSA) is 33.5 Å². The van der Waals surface area contributed by atoms with Crippen LogP contribution < -0.4 is 4.90 Å². The molecule has 0 aliphatic carbocycles. The maximum absolute atomic E-state index is 12.7. The van der Waals surface area contributed by atoms with Crippen molar-refractivity contribution in [2.24, 2.45) is 0 Å². The van der Waals surface area contributed by atoms with Crippen molar-refractivity contribution in [3.8, 4) is 11.3 Å². The summed E-state index contributed by atoms with van der Waals surface area (Å²) < 4.78 is 5.80. The summed E-state index contributed by atoms with van der Waals surface area (Å²) in [4.78, 5) is 14.4. The van der Waals surface area contributed by atoms with Crippen LogP contribution in [0.3, 0.4) is 0 Å². The van der Waals surface area contributed by atoms with Crippen molar-refractivity contribution in [2.45, 2.75) is 13.8 Å². The van der Waals surface area contributed by atoms with Gasteiger partial charge in [-0.05, 0) is 32.0 Å². The summed E-state index contributed by atoms with van der Waals surface area (Å²) in [5, 5.41) is 0. The number of hydrogen-bond donors (Lipinski definition) is 0. The molecule has 0 aliphatic heterocycles. The van der Waals surface area contributed by atoms with Gasteiger partial charge in [-0.25, -0.2) is 0 Å². The average molecular weight is 305 g/mol. The van der Waals surface area contributed by atoms with Crippen molar-refractivity contribution in [2.75, 3.05) is 11.9 Å². The van der Waals surface area contributed by atoms with Crippen molar-refractivity contribution in [1.29, 1.82) is 0 Å². The van der Waals surface area contributed by atoms with Gasteiger partial charge < -0.3 is 9.32 Å². The first-order chi connectivity index (χ1) is 11.1. The summed E-state index contributed by atoms with van der Waals surface area (Å²) >= 11 is 0. The van der Waals surface area contributed by atoms with Crippen LogP contribution in [0.15, 0.2) is 65.1 Å². The van der Waals surface area contributed by atoms with Crippen molar-refractivity contribution in [1.82, 2.24) is 0 Å². The fourth-order valence-electron chi connectivity index (χ4n) is 2.50. The molecular formula is C20H19NO2. The molecule has 3 nitrogen and oxygen atoms in total. The summed E-state index contributed by atoms with van der Waals surface area (Å²) in [5.74, 6) is 1.27. The first kappa shape index (κ1) is 15.1. The fraction of sp³-hybridized carbons (Fsp3) is 0.150. The van der Waals surface area contributed by atoms with Gasteiger partial charge in [0.25, 0.3) is 5.91 Å². The van der Waals surface area contributed by atoms with Gasteiger partial charge in [0, 0.05) is 18.3 Å². The van der Waals surface area contributed by atoms with Crippen LogP contribution in [0.2, 0.25) is 0 Å². The summed E-state index contributed by atoms with van der Waals surface area (Å²) in [6.45, 7) is 3.87. The Balaban J connectivity index is 1.91. The summed E-state index contributed by atoms with van der Waals surface area (Å²) in [5.41, 5.74) is 3.61. The molecule has 3 aromatic rings. The molecule has 0 saturated carbocycles. The van der Waals surface area contributed by atoms with E-state index in [0.717, 1.165) is 11.3 Å². The SMILES string of the molecule is Cc1ccc(-c2cc(C(=O)N(C)c3ccccc3)c(C)o2)cc1. The third kappa shape index (κ3) is 3.04. The third-order valence-electron chi connectivity index (χ3n) is 3.93. The highest BCUT2D eigenvalue weighted by Crippen LogP contribution is 2.27. The molecule has 0 spiro atoms. The van der Waals surface area contributed by atoms with Gasteiger partial charge in [0.1, 0.15) is 11.5 Å². The Bertz CT molecular complexity index is 817. The Morgan fingerprint density at radius 1 is 0.957 bits per heavy atom. The number of hydrogen-bond acceptors (Lipinski definition) is 2. The molecule has 0 bridgehead atoms. The summed E-state index contributed by atoms with van der Waals surface area (Å²) in [7, 11) is 1.77. The molecule has 0 saturated heterocycles. The van der Waals surface area contributed by atoms with E-state index in [2.05, 4.69) is 0 Å². The number of amides is 1. The van der Waals surface area contributed by atoms with E-state index < -0.39 is 0 Å². The van der Waals surface area contributed by atoms with Crippen LogP contribution in [0.1, 0.15) is 21.7 Å². The van der Waals surface area contributed by atoms with Crippen LogP contribution in [-0.2, 0) is 0 Å². The van der Waals surface area contributed by atoms with Crippen LogP contribution in [0.5, 0.6) is 0 Å². The second kappa shape index (κ2) is 6.13. The number of carbonyl (C=O) groups excluding carboxylic acids is 1. The molecule has 1 heterocycles. The predicted molar refractivity (Wildman–Crippen MR) is 92.8 cm³/mol. The first-order valence-electron chi connectivity index (χ1n) is 7.57. The van der Waals surface area contributed by atoms with Gasteiger partial charge in [-0.2, -0.15) is 0 Å². The molecule has 0 fully saturated rings. The number of furan rings is 1. The standard InChI is InChI=1S/C20H19NO2/c1-14-9-11-16(12-10-14)19-13-18(15(2)23-19)20(22)21(3)17-7-5-4-6-8-17/h4-13H,1-3H3. The van der Waals surface area contributed by atoms with Crippen molar-refractivity contribution >= 4 is 11.6 Å². The quantitative estimate of drug-likeness (QED) is 0.693. The fourth-order valence-corrected chi connectivity index (χ4v) is 2.50. The minimum atomic E-state index is -0.0733. The number of nitrogens with zero attached hydrogens (tertiary/aromatic N) is 1. The van der Waals surface area contributed by atoms with Gasteiger partial charge in [0.2, 0.25) is 0 Å². The van der Waals surface area contributed by atoms with Crippen LogP contribution in [0.4, 0.5) is 5.69 Å². The molecule has 3 heteroatoms. The van der Waals surface area contributed by atoms with Crippen LogP contribution >= 0.6 is 0 Å². The number of rotatable bonds is 3. The van der Waals surface area contributed by atoms with Gasteiger partial charge in [-0.15, -0.1) is 0 Å². The van der Waals surface area contributed by atoms with Crippen molar-refractivity contribution < 1.29 is 9.21 Å². The lowest BCUT2D eigenvalue weighted by Crippen LogP contribution is -2.26. The van der Waals surface area contributed by atoms with Crippen LogP contribution in [0, 0.1) is 13.8 Å². The van der Waals surface area contributed by atoms with E-state index in [9.17, 15) is 4.79 Å². The van der Waals surface area contributed by atoms with Gasteiger partial charge in [0.05, 0.1) is 5.56 Å². The first-order valence-corrected chi connectivity index (χ1v) is 7.57. The zero-order chi connectivity index (χ0) is 16.4. The van der Waals surface area contributed by atoms with Gasteiger partial charge in [0.15, 0.2) is 0 Å². The highest BCUT2D eigenvalue weighted by Gasteiger charge is 2.20. The van der Waals surface area contributed by atoms with Gasteiger partial charge in [-0.3, -0.25) is 4.79 Å². The maximum atomic E-state index is 12.7. The van der Waals surface area contributed by atoms with Gasteiger partial charge >= 0.3 is 0 Å². The second-order valence-electron chi connectivity index (χ2n) is 5.65. The van der Waals surface area contributed by atoms with E-state index in [-0.39, 0.29) is 5.91 Å². The van der Waals surface area contributed by atoms with E-state index in [1.54, 1.807) is 11.9 Å². The lowest BCUT2D eigenvalue weighted by Gasteiger charge is -2.16. The van der Waals surface area contributed by atoms with Crippen LogP contribution in [0.25, 0.3) is 11.3 Å². The molecule has 3 rings (SSSR count). The van der Waals surface area contributed by atoms with Gasteiger partial charge in [-0.1, -0.05) is 48.0 Å². The second-order valence-corrected chi connectivity index (χ2v) is 5.65. The molecule has 0 atom stereocenters. The number of benzene rings is 2. The monoisotopic (exact) mass is 305 g/mol. The lowest BCUT2D eigenvalue weighted by atomic mass is 10.1. The zero-order valence-corrected chi connectivity index (χ0v) is 13.5. The molecule has 0 unspecified atom stereocenters. The Morgan fingerprint density at radius 2 is 1.61 bits per heavy atom. The molecular weight excluding hydrogens is 286 g/mol. The third-order valence-corrected chi connectivity index (χ3v) is 3.93. The zero-order valence-electron chi connectivity index (χ0n) is 13.5. The molecule has 1 amide bonds. The number of para-hydroxylation sites is 1. The summed E-state index contributed by atoms with van der Waals surface area (Å²) in [6.07, 6.45) is 0. The predicted octanol–water partition coefficient (Wildman–Crippen LogP) is 4.84. The Labute approximate surface area is 136 Å². The largest absolute Gasteiger partial charge is 0.461 e. The Morgan fingerprint density at radius 3 is 2.26 bits per heavy atom. The smallest absolute Gasteiger partial charge is 0.261 e. The highest BCUT2D eigenvalue weighted by atomic mass is 16.3. The minimum Gasteiger partial charge on any atom is -0.461 e. The normalized spacial score (nSPS) is 10.6. The van der Waals surface area contributed by atoms with E-state index in [0.29, 0.717) is 17.1 Å². The minimum absolute atomic E-state index is 0.0733. The van der Waals surface area contributed by atoms with Crippen LogP contribution in [-0.4, -0.2) is 13.0 Å². The van der Waals surface area contributed by atoms with Crippen molar-refractivity contribution in [3.05, 3.63) is 77.6 Å². The Hall–Kier alpha value is -2.81. The van der Waals surface area contributed by atoms with E-state index in [4.69, 9.17) is 4.42 Å². The van der Waals surface area contributed by atoms with E-state index >= 15 is 0 Å². The Kier molecular flexibility index (Phi) is 4.02.